The van der Waals surface area contributed by atoms with Crippen molar-refractivity contribution in [3.05, 3.63) is 61.2 Å². The van der Waals surface area contributed by atoms with E-state index in [4.69, 9.17) is 14.2 Å². The third-order valence-electron chi connectivity index (χ3n) is 3.38. The molecular formula is C20H23NO4. The van der Waals surface area contributed by atoms with E-state index >= 15 is 0 Å². The average Bonchev–Trinajstić information content (AvgIpc) is 2.65. The number of ether oxygens (including phenoxy) is 3. The van der Waals surface area contributed by atoms with E-state index in [1.54, 1.807) is 13.2 Å². The van der Waals surface area contributed by atoms with Crippen LogP contribution in [0.5, 0.6) is 17.2 Å². The van der Waals surface area contributed by atoms with Crippen molar-refractivity contribution in [1.29, 1.82) is 0 Å². The summed E-state index contributed by atoms with van der Waals surface area (Å²) in [7, 11) is 1.62. The second kappa shape index (κ2) is 10.0. The first-order chi connectivity index (χ1) is 12.2. The van der Waals surface area contributed by atoms with Gasteiger partial charge in [0.1, 0.15) is 23.9 Å². The minimum Gasteiger partial charge on any atom is -0.497 e. The van der Waals surface area contributed by atoms with Gasteiger partial charge in [0.2, 0.25) is 5.91 Å². The monoisotopic (exact) mass is 341 g/mol. The fraction of sp³-hybridized carbons (Fsp3) is 0.250. The molecule has 0 aliphatic carbocycles. The van der Waals surface area contributed by atoms with Gasteiger partial charge in [0.25, 0.3) is 0 Å². The zero-order valence-electron chi connectivity index (χ0n) is 14.4. The summed E-state index contributed by atoms with van der Waals surface area (Å²) in [5.41, 5.74) is 0.743. The molecule has 0 atom stereocenters. The van der Waals surface area contributed by atoms with Gasteiger partial charge in [-0.3, -0.25) is 4.79 Å². The molecule has 2 aromatic rings. The van der Waals surface area contributed by atoms with Crippen LogP contribution in [0.2, 0.25) is 0 Å². The van der Waals surface area contributed by atoms with Crippen molar-refractivity contribution in [2.24, 2.45) is 0 Å². The normalized spacial score (nSPS) is 9.96. The standard InChI is InChI=1S/C20H23NO4/c1-3-14-24-18-8-6-16(7-9-18)21-20(22)5-4-15-25-19-12-10-17(23-2)11-13-19/h3,6-13H,1,4-5,14-15H2,2H3,(H,21,22). The summed E-state index contributed by atoms with van der Waals surface area (Å²) in [5, 5.41) is 2.85. The number of hydrogen-bond donors (Lipinski definition) is 1. The molecule has 5 heteroatoms. The average molecular weight is 341 g/mol. The summed E-state index contributed by atoms with van der Waals surface area (Å²) >= 11 is 0. The van der Waals surface area contributed by atoms with Gasteiger partial charge < -0.3 is 19.5 Å². The maximum atomic E-state index is 11.9. The Morgan fingerprint density at radius 2 is 1.60 bits per heavy atom. The van der Waals surface area contributed by atoms with Crippen LogP contribution in [-0.4, -0.2) is 26.2 Å². The minimum atomic E-state index is -0.0434. The number of carbonyl (C=O) groups excluding carboxylic acids is 1. The smallest absolute Gasteiger partial charge is 0.224 e. The molecule has 0 bridgehead atoms. The lowest BCUT2D eigenvalue weighted by molar-refractivity contribution is -0.116. The van der Waals surface area contributed by atoms with Crippen molar-refractivity contribution in [3.8, 4) is 17.2 Å². The van der Waals surface area contributed by atoms with Gasteiger partial charge >= 0.3 is 0 Å². The molecule has 25 heavy (non-hydrogen) atoms. The fourth-order valence-electron chi connectivity index (χ4n) is 2.11. The first kappa shape index (κ1) is 18.4. The number of rotatable bonds is 10. The molecule has 1 N–H and O–H groups in total. The molecule has 0 aliphatic heterocycles. The number of hydrogen-bond acceptors (Lipinski definition) is 4. The van der Waals surface area contributed by atoms with Crippen LogP contribution in [0.15, 0.2) is 61.2 Å². The molecule has 0 radical (unpaired) electrons. The van der Waals surface area contributed by atoms with Crippen molar-refractivity contribution in [2.75, 3.05) is 25.6 Å². The third-order valence-corrected chi connectivity index (χ3v) is 3.38. The molecule has 0 saturated carbocycles. The Morgan fingerprint density at radius 3 is 2.24 bits per heavy atom. The second-order valence-corrected chi connectivity index (χ2v) is 5.30. The molecule has 0 saturated heterocycles. The first-order valence-electron chi connectivity index (χ1n) is 8.11. The zero-order valence-corrected chi connectivity index (χ0v) is 14.4. The predicted molar refractivity (Wildman–Crippen MR) is 98.5 cm³/mol. The van der Waals surface area contributed by atoms with Gasteiger partial charge in [-0.05, 0) is 55.0 Å². The Hall–Kier alpha value is -2.95. The largest absolute Gasteiger partial charge is 0.497 e. The highest BCUT2D eigenvalue weighted by Crippen LogP contribution is 2.18. The lowest BCUT2D eigenvalue weighted by Gasteiger charge is -2.08. The van der Waals surface area contributed by atoms with Crippen molar-refractivity contribution in [3.63, 3.8) is 0 Å². The number of amides is 1. The van der Waals surface area contributed by atoms with Crippen molar-refractivity contribution in [1.82, 2.24) is 0 Å². The Morgan fingerprint density at radius 1 is 1.00 bits per heavy atom. The van der Waals surface area contributed by atoms with Gasteiger partial charge in [-0.1, -0.05) is 12.7 Å². The summed E-state index contributed by atoms with van der Waals surface area (Å²) < 4.78 is 16.1. The van der Waals surface area contributed by atoms with Crippen LogP contribution in [-0.2, 0) is 4.79 Å². The molecule has 1 amide bonds. The number of methoxy groups -OCH3 is 1. The summed E-state index contributed by atoms with van der Waals surface area (Å²) in [5.74, 6) is 2.24. The lowest BCUT2D eigenvalue weighted by atomic mass is 10.2. The van der Waals surface area contributed by atoms with E-state index in [0.29, 0.717) is 26.1 Å². The van der Waals surface area contributed by atoms with Crippen LogP contribution in [0.3, 0.4) is 0 Å². The Labute approximate surface area is 148 Å². The second-order valence-electron chi connectivity index (χ2n) is 5.30. The maximum Gasteiger partial charge on any atom is 0.224 e. The predicted octanol–water partition coefficient (Wildman–Crippen LogP) is 4.06. The van der Waals surface area contributed by atoms with E-state index in [9.17, 15) is 4.79 Å². The van der Waals surface area contributed by atoms with Crippen molar-refractivity contribution >= 4 is 11.6 Å². The Bertz CT molecular complexity index is 665. The maximum absolute atomic E-state index is 11.9. The van der Waals surface area contributed by atoms with Crippen LogP contribution in [0, 0.1) is 0 Å². The van der Waals surface area contributed by atoms with E-state index < -0.39 is 0 Å². The van der Waals surface area contributed by atoms with Gasteiger partial charge in [0.15, 0.2) is 0 Å². The summed E-state index contributed by atoms with van der Waals surface area (Å²) in [6.45, 7) is 4.54. The van der Waals surface area contributed by atoms with Gasteiger partial charge in [-0.2, -0.15) is 0 Å². The van der Waals surface area contributed by atoms with E-state index in [2.05, 4.69) is 11.9 Å². The van der Waals surface area contributed by atoms with Crippen LogP contribution in [0.4, 0.5) is 5.69 Å². The highest BCUT2D eigenvalue weighted by atomic mass is 16.5. The van der Waals surface area contributed by atoms with E-state index in [1.165, 1.54) is 0 Å². The molecule has 2 rings (SSSR count). The van der Waals surface area contributed by atoms with Gasteiger partial charge in [-0.25, -0.2) is 0 Å². The highest BCUT2D eigenvalue weighted by Gasteiger charge is 2.03. The molecule has 0 aliphatic rings. The fourth-order valence-corrected chi connectivity index (χ4v) is 2.11. The number of nitrogens with one attached hydrogen (secondary N) is 1. The topological polar surface area (TPSA) is 56.8 Å². The summed E-state index contributed by atoms with van der Waals surface area (Å²) in [6.07, 6.45) is 2.72. The number of benzene rings is 2. The van der Waals surface area contributed by atoms with Crippen LogP contribution >= 0.6 is 0 Å². The zero-order chi connectivity index (χ0) is 17.9. The lowest BCUT2D eigenvalue weighted by Crippen LogP contribution is -2.12. The minimum absolute atomic E-state index is 0.0434. The van der Waals surface area contributed by atoms with E-state index in [1.807, 2.05) is 48.5 Å². The molecule has 0 aromatic heterocycles. The highest BCUT2D eigenvalue weighted by molar-refractivity contribution is 5.90. The summed E-state index contributed by atoms with van der Waals surface area (Å²) in [4.78, 5) is 11.9. The Kier molecular flexibility index (Phi) is 7.38. The van der Waals surface area contributed by atoms with E-state index in [-0.39, 0.29) is 5.91 Å². The Balaban J connectivity index is 1.67. The van der Waals surface area contributed by atoms with Gasteiger partial charge in [-0.15, -0.1) is 0 Å². The third kappa shape index (κ3) is 6.59. The van der Waals surface area contributed by atoms with Crippen molar-refractivity contribution < 1.29 is 19.0 Å². The van der Waals surface area contributed by atoms with Crippen LogP contribution in [0.25, 0.3) is 0 Å². The van der Waals surface area contributed by atoms with Crippen molar-refractivity contribution in [2.45, 2.75) is 12.8 Å². The quantitative estimate of drug-likeness (QED) is 0.523. The molecule has 0 spiro atoms. The van der Waals surface area contributed by atoms with Crippen LogP contribution < -0.4 is 19.5 Å². The number of carbonyl (C=O) groups is 1. The van der Waals surface area contributed by atoms with Crippen LogP contribution in [0.1, 0.15) is 12.8 Å². The number of anilines is 1. The van der Waals surface area contributed by atoms with Gasteiger partial charge in [0.05, 0.1) is 13.7 Å². The SMILES string of the molecule is C=CCOc1ccc(NC(=O)CCCOc2ccc(OC)cc2)cc1. The molecular weight excluding hydrogens is 318 g/mol. The molecule has 2 aromatic carbocycles. The molecule has 132 valence electrons. The molecule has 0 fully saturated rings. The molecule has 5 nitrogen and oxygen atoms in total. The first-order valence-corrected chi connectivity index (χ1v) is 8.11. The van der Waals surface area contributed by atoms with E-state index in [0.717, 1.165) is 22.9 Å². The molecule has 0 unspecified atom stereocenters. The van der Waals surface area contributed by atoms with Gasteiger partial charge in [0, 0.05) is 12.1 Å². The molecule has 0 heterocycles. The summed E-state index contributed by atoms with van der Waals surface area (Å²) in [6, 6.07) is 14.6.